The van der Waals surface area contributed by atoms with Crippen LogP contribution in [0.2, 0.25) is 5.15 Å². The zero-order valence-electron chi connectivity index (χ0n) is 11.5. The van der Waals surface area contributed by atoms with Crippen LogP contribution in [0.3, 0.4) is 0 Å². The first-order valence-corrected chi connectivity index (χ1v) is 6.39. The van der Waals surface area contributed by atoms with Crippen LogP contribution in [-0.2, 0) is 11.3 Å². The van der Waals surface area contributed by atoms with Gasteiger partial charge < -0.3 is 14.2 Å². The fraction of sp³-hybridized carbons (Fsp3) is 0.214. The molecule has 7 heteroatoms. The average Bonchev–Trinajstić information content (AvgIpc) is 2.52. The van der Waals surface area contributed by atoms with Gasteiger partial charge in [0.1, 0.15) is 12.4 Å². The minimum Gasteiger partial charge on any atom is -0.497 e. The van der Waals surface area contributed by atoms with Crippen molar-refractivity contribution in [2.45, 2.75) is 6.61 Å². The van der Waals surface area contributed by atoms with Crippen LogP contribution in [0.4, 0.5) is 0 Å². The standard InChI is InChI=1S/C14H13ClN2O4/c1-19-10-5-3-9(4-6-10)8-21-11-7-12(15)16-17-13(11)14(18)20-2/h3-7H,8H2,1-2H3. The largest absolute Gasteiger partial charge is 0.497 e. The highest BCUT2D eigenvalue weighted by Crippen LogP contribution is 2.21. The minimum absolute atomic E-state index is 0.0181. The summed E-state index contributed by atoms with van der Waals surface area (Å²) in [4.78, 5) is 11.6. The molecule has 0 N–H and O–H groups in total. The van der Waals surface area contributed by atoms with Crippen molar-refractivity contribution in [3.8, 4) is 11.5 Å². The van der Waals surface area contributed by atoms with Gasteiger partial charge in [-0.1, -0.05) is 23.7 Å². The number of carbonyl (C=O) groups excluding carboxylic acids is 1. The summed E-state index contributed by atoms with van der Waals surface area (Å²) in [6.45, 7) is 0.246. The zero-order chi connectivity index (χ0) is 15.2. The van der Waals surface area contributed by atoms with Crippen molar-refractivity contribution in [1.29, 1.82) is 0 Å². The van der Waals surface area contributed by atoms with Crippen molar-refractivity contribution >= 4 is 17.6 Å². The molecule has 0 amide bonds. The molecule has 0 spiro atoms. The monoisotopic (exact) mass is 308 g/mol. The first-order valence-electron chi connectivity index (χ1n) is 6.01. The van der Waals surface area contributed by atoms with Crippen molar-refractivity contribution in [1.82, 2.24) is 10.2 Å². The van der Waals surface area contributed by atoms with Crippen LogP contribution in [0.1, 0.15) is 16.1 Å². The number of hydrogen-bond donors (Lipinski definition) is 0. The van der Waals surface area contributed by atoms with Crippen LogP contribution in [0.15, 0.2) is 30.3 Å². The van der Waals surface area contributed by atoms with Crippen LogP contribution in [0.25, 0.3) is 0 Å². The number of ether oxygens (including phenoxy) is 3. The van der Waals surface area contributed by atoms with Gasteiger partial charge in [0.05, 0.1) is 14.2 Å². The van der Waals surface area contributed by atoms with Gasteiger partial charge in [-0.3, -0.25) is 0 Å². The highest BCUT2D eigenvalue weighted by atomic mass is 35.5. The lowest BCUT2D eigenvalue weighted by Crippen LogP contribution is -2.09. The van der Waals surface area contributed by atoms with Gasteiger partial charge in [0.2, 0.25) is 5.69 Å². The predicted octanol–water partition coefficient (Wildman–Crippen LogP) is 2.50. The molecule has 0 atom stereocenters. The van der Waals surface area contributed by atoms with Gasteiger partial charge in [0, 0.05) is 6.07 Å². The molecule has 6 nitrogen and oxygen atoms in total. The van der Waals surface area contributed by atoms with E-state index in [1.807, 2.05) is 24.3 Å². The first kappa shape index (κ1) is 15.1. The van der Waals surface area contributed by atoms with Crippen molar-refractivity contribution in [2.75, 3.05) is 14.2 Å². The van der Waals surface area contributed by atoms with E-state index in [1.165, 1.54) is 13.2 Å². The van der Waals surface area contributed by atoms with E-state index < -0.39 is 5.97 Å². The number of esters is 1. The lowest BCUT2D eigenvalue weighted by molar-refractivity contribution is 0.0586. The number of rotatable bonds is 5. The van der Waals surface area contributed by atoms with E-state index >= 15 is 0 Å². The Balaban J connectivity index is 2.14. The van der Waals surface area contributed by atoms with Crippen molar-refractivity contribution in [2.24, 2.45) is 0 Å². The van der Waals surface area contributed by atoms with Crippen molar-refractivity contribution < 1.29 is 19.0 Å². The molecule has 0 saturated carbocycles. The number of aromatic nitrogens is 2. The zero-order valence-corrected chi connectivity index (χ0v) is 12.3. The van der Waals surface area contributed by atoms with E-state index in [0.29, 0.717) is 0 Å². The van der Waals surface area contributed by atoms with Crippen molar-refractivity contribution in [3.63, 3.8) is 0 Å². The summed E-state index contributed by atoms with van der Waals surface area (Å²) in [6, 6.07) is 8.76. The fourth-order valence-corrected chi connectivity index (χ4v) is 1.72. The quantitative estimate of drug-likeness (QED) is 0.790. The Bertz CT molecular complexity index is 631. The van der Waals surface area contributed by atoms with Crippen molar-refractivity contribution in [3.05, 3.63) is 46.7 Å². The maximum atomic E-state index is 11.6. The topological polar surface area (TPSA) is 70.5 Å². The molecule has 2 aromatic rings. The molecule has 21 heavy (non-hydrogen) atoms. The first-order chi connectivity index (χ1) is 10.1. The van der Waals surface area contributed by atoms with Crippen LogP contribution in [0.5, 0.6) is 11.5 Å². The number of carbonyl (C=O) groups is 1. The van der Waals surface area contributed by atoms with Crippen LogP contribution in [0, 0.1) is 0 Å². The number of halogens is 1. The molecular formula is C14H13ClN2O4. The average molecular weight is 309 g/mol. The summed E-state index contributed by atoms with van der Waals surface area (Å²) >= 11 is 5.76. The van der Waals surface area contributed by atoms with E-state index in [4.69, 9.17) is 21.1 Å². The van der Waals surface area contributed by atoms with E-state index in [9.17, 15) is 4.79 Å². The van der Waals surface area contributed by atoms with E-state index in [2.05, 4.69) is 14.9 Å². The second-order valence-electron chi connectivity index (χ2n) is 4.01. The molecule has 1 heterocycles. The Labute approximate surface area is 126 Å². The molecule has 0 aliphatic carbocycles. The second-order valence-corrected chi connectivity index (χ2v) is 4.40. The lowest BCUT2D eigenvalue weighted by Gasteiger charge is -2.09. The molecule has 0 unspecified atom stereocenters. The Kier molecular flexibility index (Phi) is 4.94. The van der Waals surface area contributed by atoms with E-state index in [1.54, 1.807) is 7.11 Å². The smallest absolute Gasteiger partial charge is 0.362 e. The van der Waals surface area contributed by atoms with Gasteiger partial charge in [0.25, 0.3) is 0 Å². The number of nitrogens with zero attached hydrogens (tertiary/aromatic N) is 2. The van der Waals surface area contributed by atoms with E-state index in [-0.39, 0.29) is 23.2 Å². The molecule has 0 radical (unpaired) electrons. The Morgan fingerprint density at radius 2 is 1.90 bits per heavy atom. The Morgan fingerprint density at radius 3 is 2.52 bits per heavy atom. The molecular weight excluding hydrogens is 296 g/mol. The molecule has 0 aliphatic heterocycles. The van der Waals surface area contributed by atoms with Gasteiger partial charge in [-0.2, -0.15) is 0 Å². The summed E-state index contributed by atoms with van der Waals surface area (Å²) in [5, 5.41) is 7.42. The molecule has 2 rings (SSSR count). The molecule has 0 aliphatic rings. The molecule has 0 bridgehead atoms. The van der Waals surface area contributed by atoms with Gasteiger partial charge in [-0.05, 0) is 17.7 Å². The van der Waals surface area contributed by atoms with Gasteiger partial charge >= 0.3 is 5.97 Å². The van der Waals surface area contributed by atoms with E-state index in [0.717, 1.165) is 11.3 Å². The molecule has 0 saturated heterocycles. The van der Waals surface area contributed by atoms with Gasteiger partial charge in [-0.25, -0.2) is 4.79 Å². The predicted molar refractivity (Wildman–Crippen MR) is 75.7 cm³/mol. The molecule has 1 aromatic heterocycles. The summed E-state index contributed by atoms with van der Waals surface area (Å²) < 4.78 is 15.3. The third-order valence-corrected chi connectivity index (χ3v) is 2.85. The normalized spacial score (nSPS) is 10.0. The maximum absolute atomic E-state index is 11.6. The Morgan fingerprint density at radius 1 is 1.19 bits per heavy atom. The molecule has 1 aromatic carbocycles. The highest BCUT2D eigenvalue weighted by Gasteiger charge is 2.17. The van der Waals surface area contributed by atoms with Gasteiger partial charge in [0.15, 0.2) is 10.9 Å². The second kappa shape index (κ2) is 6.90. The van der Waals surface area contributed by atoms with Crippen LogP contribution >= 0.6 is 11.6 Å². The molecule has 0 fully saturated rings. The van der Waals surface area contributed by atoms with Gasteiger partial charge in [-0.15, -0.1) is 10.2 Å². The summed E-state index contributed by atoms with van der Waals surface area (Å²) in [5.41, 5.74) is 0.884. The van der Waals surface area contributed by atoms with Crippen LogP contribution in [-0.4, -0.2) is 30.4 Å². The SMILES string of the molecule is COC(=O)c1nnc(Cl)cc1OCc1ccc(OC)cc1. The third kappa shape index (κ3) is 3.82. The number of benzene rings is 1. The fourth-order valence-electron chi connectivity index (χ4n) is 1.58. The molecule has 110 valence electrons. The summed E-state index contributed by atoms with van der Waals surface area (Å²) in [7, 11) is 2.85. The summed E-state index contributed by atoms with van der Waals surface area (Å²) in [5.74, 6) is 0.337. The number of methoxy groups -OCH3 is 2. The lowest BCUT2D eigenvalue weighted by atomic mass is 10.2. The Hall–Kier alpha value is -2.34. The highest BCUT2D eigenvalue weighted by molar-refractivity contribution is 6.29. The number of hydrogen-bond acceptors (Lipinski definition) is 6. The summed E-state index contributed by atoms with van der Waals surface area (Å²) in [6.07, 6.45) is 0. The maximum Gasteiger partial charge on any atom is 0.362 e. The third-order valence-electron chi connectivity index (χ3n) is 2.66. The van der Waals surface area contributed by atoms with Crippen LogP contribution < -0.4 is 9.47 Å². The minimum atomic E-state index is -0.635.